The lowest BCUT2D eigenvalue weighted by Crippen LogP contribution is -2.40. The maximum absolute atomic E-state index is 3.45. The van der Waals surface area contributed by atoms with Gasteiger partial charge in [0.1, 0.15) is 0 Å². The molecule has 2 nitrogen and oxygen atoms in total. The predicted molar refractivity (Wildman–Crippen MR) is 84.4 cm³/mol. The normalized spacial score (nSPS) is 13.8. The summed E-state index contributed by atoms with van der Waals surface area (Å²) < 4.78 is 0. The van der Waals surface area contributed by atoms with Crippen molar-refractivity contribution in [2.24, 2.45) is 5.41 Å². The molecule has 0 bridgehead atoms. The minimum atomic E-state index is 0.318. The molecule has 0 aliphatic heterocycles. The summed E-state index contributed by atoms with van der Waals surface area (Å²) in [6.07, 6.45) is 1.18. The van der Waals surface area contributed by atoms with Gasteiger partial charge in [0.2, 0.25) is 0 Å². The number of benzene rings is 1. The Labute approximate surface area is 119 Å². The first-order valence-corrected chi connectivity index (χ1v) is 7.25. The van der Waals surface area contributed by atoms with E-state index in [1.54, 1.807) is 0 Å². The molecule has 0 amide bonds. The molecule has 1 aromatic carbocycles. The van der Waals surface area contributed by atoms with Crippen LogP contribution in [-0.4, -0.2) is 31.6 Å². The van der Waals surface area contributed by atoms with Gasteiger partial charge in [-0.25, -0.2) is 0 Å². The summed E-state index contributed by atoms with van der Waals surface area (Å²) in [4.78, 5) is 2.42. The van der Waals surface area contributed by atoms with Gasteiger partial charge in [-0.3, -0.25) is 0 Å². The quantitative estimate of drug-likeness (QED) is 0.844. The summed E-state index contributed by atoms with van der Waals surface area (Å²) in [6, 6.07) is 9.21. The molecule has 0 spiro atoms. The molecule has 1 atom stereocenters. The molecule has 0 aliphatic carbocycles. The fourth-order valence-electron chi connectivity index (χ4n) is 2.52. The van der Waals surface area contributed by atoms with Crippen LogP contribution in [0, 0.1) is 12.3 Å². The second kappa shape index (κ2) is 7.06. The number of hydrogen-bond acceptors (Lipinski definition) is 2. The van der Waals surface area contributed by atoms with Gasteiger partial charge in [0, 0.05) is 12.6 Å². The van der Waals surface area contributed by atoms with Gasteiger partial charge in [-0.1, -0.05) is 45.0 Å². The molecular formula is C17H30N2. The van der Waals surface area contributed by atoms with Gasteiger partial charge in [-0.15, -0.1) is 0 Å². The van der Waals surface area contributed by atoms with Crippen molar-refractivity contribution in [3.05, 3.63) is 35.4 Å². The van der Waals surface area contributed by atoms with Crippen molar-refractivity contribution < 1.29 is 0 Å². The topological polar surface area (TPSA) is 15.3 Å². The monoisotopic (exact) mass is 262 g/mol. The Bertz CT molecular complexity index is 379. The van der Waals surface area contributed by atoms with Crippen LogP contribution >= 0.6 is 0 Å². The highest BCUT2D eigenvalue weighted by molar-refractivity contribution is 5.25. The molecule has 1 aromatic rings. The van der Waals surface area contributed by atoms with Gasteiger partial charge in [0.05, 0.1) is 0 Å². The van der Waals surface area contributed by atoms with Crippen LogP contribution in [-0.2, 0) is 6.54 Å². The average molecular weight is 262 g/mol. The molecule has 0 fully saturated rings. The van der Waals surface area contributed by atoms with Crippen molar-refractivity contribution in [2.45, 2.75) is 46.7 Å². The number of nitrogens with one attached hydrogen (secondary N) is 1. The number of rotatable bonds is 6. The highest BCUT2D eigenvalue weighted by Crippen LogP contribution is 2.21. The van der Waals surface area contributed by atoms with Crippen LogP contribution in [0.5, 0.6) is 0 Å². The molecule has 0 saturated carbocycles. The van der Waals surface area contributed by atoms with Crippen LogP contribution in [0.3, 0.4) is 0 Å². The van der Waals surface area contributed by atoms with Crippen LogP contribution in [0.15, 0.2) is 24.3 Å². The molecule has 0 aromatic heterocycles. The Morgan fingerprint density at radius 2 is 1.84 bits per heavy atom. The third kappa shape index (κ3) is 5.33. The third-order valence-electron chi connectivity index (χ3n) is 3.89. The number of hydrogen-bond donors (Lipinski definition) is 1. The standard InChI is InChI=1S/C17H30N2/c1-14-9-7-8-10-15(14)13-19(6)12-11-16(18-5)17(2,3)4/h7-10,16,18H,11-13H2,1-6H3. The van der Waals surface area contributed by atoms with Crippen LogP contribution in [0.1, 0.15) is 38.3 Å². The summed E-state index contributed by atoms with van der Waals surface area (Å²) in [5.41, 5.74) is 3.13. The predicted octanol–water partition coefficient (Wildman–Crippen LogP) is 3.45. The van der Waals surface area contributed by atoms with Crippen molar-refractivity contribution >= 4 is 0 Å². The fourth-order valence-corrected chi connectivity index (χ4v) is 2.52. The summed E-state index contributed by atoms with van der Waals surface area (Å²) in [5, 5.41) is 3.45. The number of aryl methyl sites for hydroxylation is 1. The Kier molecular flexibility index (Phi) is 6.02. The molecule has 0 aliphatic rings. The zero-order valence-corrected chi connectivity index (χ0v) is 13.5. The molecule has 0 radical (unpaired) electrons. The summed E-state index contributed by atoms with van der Waals surface area (Å²) >= 11 is 0. The van der Waals surface area contributed by atoms with Gasteiger partial charge in [0.25, 0.3) is 0 Å². The summed E-state index contributed by atoms with van der Waals surface area (Å²) in [7, 11) is 4.28. The molecule has 1 N–H and O–H groups in total. The van der Waals surface area contributed by atoms with Crippen molar-refractivity contribution in [3.8, 4) is 0 Å². The van der Waals surface area contributed by atoms with Crippen LogP contribution in [0.4, 0.5) is 0 Å². The summed E-state index contributed by atoms with van der Waals surface area (Å²) in [6.45, 7) is 11.2. The van der Waals surface area contributed by atoms with E-state index in [1.807, 2.05) is 0 Å². The highest BCUT2D eigenvalue weighted by atomic mass is 15.1. The lowest BCUT2D eigenvalue weighted by molar-refractivity contribution is 0.227. The van der Waals surface area contributed by atoms with E-state index < -0.39 is 0 Å². The highest BCUT2D eigenvalue weighted by Gasteiger charge is 2.22. The van der Waals surface area contributed by atoms with Gasteiger partial charge >= 0.3 is 0 Å². The lowest BCUT2D eigenvalue weighted by atomic mass is 9.85. The van der Waals surface area contributed by atoms with Crippen LogP contribution < -0.4 is 5.32 Å². The molecule has 108 valence electrons. The zero-order chi connectivity index (χ0) is 14.5. The lowest BCUT2D eigenvalue weighted by Gasteiger charge is -2.32. The van der Waals surface area contributed by atoms with Crippen molar-refractivity contribution in [1.29, 1.82) is 0 Å². The van der Waals surface area contributed by atoms with E-state index in [-0.39, 0.29) is 0 Å². The summed E-state index contributed by atoms with van der Waals surface area (Å²) in [5.74, 6) is 0. The largest absolute Gasteiger partial charge is 0.316 e. The average Bonchev–Trinajstić information content (AvgIpc) is 2.31. The van der Waals surface area contributed by atoms with E-state index >= 15 is 0 Å². The van der Waals surface area contributed by atoms with E-state index in [0.717, 1.165) is 13.1 Å². The SMILES string of the molecule is CNC(CCN(C)Cc1ccccc1C)C(C)(C)C. The first-order chi connectivity index (χ1) is 8.84. The second-order valence-electron chi connectivity index (χ2n) is 6.66. The minimum absolute atomic E-state index is 0.318. The first kappa shape index (κ1) is 16.2. The Morgan fingerprint density at radius 1 is 1.21 bits per heavy atom. The van der Waals surface area contributed by atoms with Gasteiger partial charge in [-0.2, -0.15) is 0 Å². The molecule has 0 saturated heterocycles. The van der Waals surface area contributed by atoms with Gasteiger partial charge in [0.15, 0.2) is 0 Å². The van der Waals surface area contributed by atoms with Gasteiger partial charge < -0.3 is 10.2 Å². The van der Waals surface area contributed by atoms with Gasteiger partial charge in [-0.05, 0) is 50.5 Å². The molecule has 19 heavy (non-hydrogen) atoms. The number of nitrogens with zero attached hydrogens (tertiary/aromatic N) is 1. The maximum atomic E-state index is 3.45. The Balaban J connectivity index is 2.48. The maximum Gasteiger partial charge on any atom is 0.0233 e. The molecular weight excluding hydrogens is 232 g/mol. The first-order valence-electron chi connectivity index (χ1n) is 7.25. The van der Waals surface area contributed by atoms with E-state index in [9.17, 15) is 0 Å². The van der Waals surface area contributed by atoms with E-state index in [4.69, 9.17) is 0 Å². The van der Waals surface area contributed by atoms with Crippen LogP contribution in [0.25, 0.3) is 0 Å². The Hall–Kier alpha value is -0.860. The van der Waals surface area contributed by atoms with E-state index in [1.165, 1.54) is 17.5 Å². The minimum Gasteiger partial charge on any atom is -0.316 e. The van der Waals surface area contributed by atoms with Crippen molar-refractivity contribution in [2.75, 3.05) is 20.6 Å². The smallest absolute Gasteiger partial charge is 0.0233 e. The van der Waals surface area contributed by atoms with Crippen molar-refractivity contribution in [1.82, 2.24) is 10.2 Å². The van der Waals surface area contributed by atoms with Crippen LogP contribution in [0.2, 0.25) is 0 Å². The second-order valence-corrected chi connectivity index (χ2v) is 6.66. The van der Waals surface area contributed by atoms with Crippen molar-refractivity contribution in [3.63, 3.8) is 0 Å². The fraction of sp³-hybridized carbons (Fsp3) is 0.647. The molecule has 1 unspecified atom stereocenters. The molecule has 0 heterocycles. The third-order valence-corrected chi connectivity index (χ3v) is 3.89. The molecule has 1 rings (SSSR count). The molecule has 2 heteroatoms. The van der Waals surface area contributed by atoms with E-state index in [0.29, 0.717) is 11.5 Å². The Morgan fingerprint density at radius 3 is 2.37 bits per heavy atom. The van der Waals surface area contributed by atoms with E-state index in [2.05, 4.69) is 76.3 Å². The zero-order valence-electron chi connectivity index (χ0n) is 13.5.